The predicted octanol–water partition coefficient (Wildman–Crippen LogP) is 1.28. The fourth-order valence-electron chi connectivity index (χ4n) is 1.52. The van der Waals surface area contributed by atoms with Crippen molar-refractivity contribution < 1.29 is 13.2 Å². The lowest BCUT2D eigenvalue weighted by molar-refractivity contribution is -0.119. The molecule has 0 spiro atoms. The molecule has 1 amide bonds. The molecule has 1 aliphatic heterocycles. The van der Waals surface area contributed by atoms with Crippen molar-refractivity contribution in [2.75, 3.05) is 16.8 Å². The van der Waals surface area contributed by atoms with E-state index in [1.165, 1.54) is 11.3 Å². The van der Waals surface area contributed by atoms with E-state index in [1.54, 1.807) is 6.20 Å². The van der Waals surface area contributed by atoms with Gasteiger partial charge in [0, 0.05) is 0 Å². The second kappa shape index (κ2) is 4.42. The number of sulfone groups is 1. The third kappa shape index (κ3) is 2.80. The number of halogens is 1. The van der Waals surface area contributed by atoms with Gasteiger partial charge in [0.15, 0.2) is 15.0 Å². The average molecular weight is 325 g/mol. The van der Waals surface area contributed by atoms with Gasteiger partial charge in [0.2, 0.25) is 5.91 Å². The molecule has 2 heterocycles. The van der Waals surface area contributed by atoms with E-state index in [0.717, 1.165) is 3.79 Å². The molecule has 0 aromatic carbocycles. The third-order valence-electron chi connectivity index (χ3n) is 2.31. The molecule has 0 saturated carbocycles. The van der Waals surface area contributed by atoms with Crippen molar-refractivity contribution >= 4 is 48.1 Å². The minimum atomic E-state index is -3.01. The highest BCUT2D eigenvalue weighted by Crippen LogP contribution is 2.25. The van der Waals surface area contributed by atoms with Gasteiger partial charge >= 0.3 is 0 Å². The SMILES string of the molecule is O=C(Nc1ncc(Br)s1)C1CCS(=O)(=O)C1. The molecule has 1 fully saturated rings. The highest BCUT2D eigenvalue weighted by Gasteiger charge is 2.33. The average Bonchev–Trinajstić information content (AvgIpc) is 2.72. The van der Waals surface area contributed by atoms with Crippen molar-refractivity contribution in [3.63, 3.8) is 0 Å². The van der Waals surface area contributed by atoms with E-state index in [4.69, 9.17) is 0 Å². The van der Waals surface area contributed by atoms with Crippen LogP contribution in [-0.4, -0.2) is 30.8 Å². The quantitative estimate of drug-likeness (QED) is 0.889. The summed E-state index contributed by atoms with van der Waals surface area (Å²) in [5.74, 6) is -0.645. The molecule has 0 aliphatic carbocycles. The van der Waals surface area contributed by atoms with Crippen LogP contribution in [0.5, 0.6) is 0 Å². The summed E-state index contributed by atoms with van der Waals surface area (Å²) < 4.78 is 23.2. The standard InChI is InChI=1S/C8H9BrN2O3S2/c9-6-3-10-8(15-6)11-7(12)5-1-2-16(13,14)4-5/h3,5H,1-2,4H2,(H,10,11,12). The molecule has 88 valence electrons. The molecule has 1 N–H and O–H groups in total. The lowest BCUT2D eigenvalue weighted by Gasteiger charge is -2.05. The number of carbonyl (C=O) groups excluding carboxylic acids is 1. The molecule has 1 atom stereocenters. The number of hydrogen-bond donors (Lipinski definition) is 1. The second-order valence-corrected chi connectivity index (χ2v) is 8.20. The highest BCUT2D eigenvalue weighted by atomic mass is 79.9. The van der Waals surface area contributed by atoms with Crippen molar-refractivity contribution in [3.05, 3.63) is 9.98 Å². The smallest absolute Gasteiger partial charge is 0.230 e. The Labute approximate surface area is 105 Å². The van der Waals surface area contributed by atoms with Gasteiger partial charge in [0.1, 0.15) is 0 Å². The number of rotatable bonds is 2. The van der Waals surface area contributed by atoms with E-state index in [0.29, 0.717) is 11.6 Å². The van der Waals surface area contributed by atoms with Gasteiger partial charge in [-0.05, 0) is 22.4 Å². The van der Waals surface area contributed by atoms with Gasteiger partial charge in [-0.1, -0.05) is 11.3 Å². The Bertz CT molecular complexity index is 511. The summed E-state index contributed by atoms with van der Waals surface area (Å²) >= 11 is 4.53. The zero-order valence-corrected chi connectivity index (χ0v) is 11.4. The summed E-state index contributed by atoms with van der Waals surface area (Å²) in [7, 11) is -3.01. The molecule has 1 aromatic heterocycles. The van der Waals surface area contributed by atoms with Crippen molar-refractivity contribution in [1.29, 1.82) is 0 Å². The van der Waals surface area contributed by atoms with Crippen LogP contribution < -0.4 is 5.32 Å². The van der Waals surface area contributed by atoms with Crippen molar-refractivity contribution in [2.45, 2.75) is 6.42 Å². The zero-order valence-electron chi connectivity index (χ0n) is 8.14. The first-order chi connectivity index (χ1) is 7.46. The first-order valence-corrected chi connectivity index (χ1v) is 8.02. The molecular formula is C8H9BrN2O3S2. The van der Waals surface area contributed by atoms with Crippen LogP contribution in [0.4, 0.5) is 5.13 Å². The van der Waals surface area contributed by atoms with Crippen LogP contribution in [-0.2, 0) is 14.6 Å². The molecule has 1 unspecified atom stereocenters. The minimum absolute atomic E-state index is 0.0502. The predicted molar refractivity (Wildman–Crippen MR) is 65.2 cm³/mol. The number of anilines is 1. The Hall–Kier alpha value is -0.470. The number of nitrogens with one attached hydrogen (secondary N) is 1. The van der Waals surface area contributed by atoms with Crippen molar-refractivity contribution in [2.24, 2.45) is 5.92 Å². The molecule has 0 bridgehead atoms. The van der Waals surface area contributed by atoms with Crippen molar-refractivity contribution in [1.82, 2.24) is 4.98 Å². The van der Waals surface area contributed by atoms with Crippen LogP contribution in [0, 0.1) is 5.92 Å². The maximum absolute atomic E-state index is 11.7. The van der Waals surface area contributed by atoms with E-state index in [2.05, 4.69) is 26.2 Å². The number of thiazole rings is 1. The number of aromatic nitrogens is 1. The van der Waals surface area contributed by atoms with Gasteiger partial charge in [-0.2, -0.15) is 0 Å². The van der Waals surface area contributed by atoms with Gasteiger partial charge < -0.3 is 5.32 Å². The first-order valence-electron chi connectivity index (χ1n) is 4.59. The van der Waals surface area contributed by atoms with Crippen molar-refractivity contribution in [3.8, 4) is 0 Å². The van der Waals surface area contributed by atoms with E-state index < -0.39 is 15.8 Å². The summed E-state index contributed by atoms with van der Waals surface area (Å²) in [5, 5.41) is 3.10. The topological polar surface area (TPSA) is 76.1 Å². The summed E-state index contributed by atoms with van der Waals surface area (Å²) in [6.07, 6.45) is 1.99. The van der Waals surface area contributed by atoms with Gasteiger partial charge in [-0.25, -0.2) is 13.4 Å². The highest BCUT2D eigenvalue weighted by molar-refractivity contribution is 9.11. The molecule has 2 rings (SSSR count). The lowest BCUT2D eigenvalue weighted by Crippen LogP contribution is -2.23. The van der Waals surface area contributed by atoms with Gasteiger partial charge in [0.25, 0.3) is 0 Å². The Morgan fingerprint density at radius 3 is 2.88 bits per heavy atom. The second-order valence-electron chi connectivity index (χ2n) is 3.56. The molecule has 1 aromatic rings. The largest absolute Gasteiger partial charge is 0.302 e. The molecular weight excluding hydrogens is 316 g/mol. The summed E-state index contributed by atoms with van der Waals surface area (Å²) in [4.78, 5) is 15.6. The van der Waals surface area contributed by atoms with Crippen LogP contribution in [0.2, 0.25) is 0 Å². The van der Waals surface area contributed by atoms with Crippen LogP contribution >= 0.6 is 27.3 Å². The Balaban J connectivity index is 1.99. The van der Waals surface area contributed by atoms with E-state index in [9.17, 15) is 13.2 Å². The molecule has 16 heavy (non-hydrogen) atoms. The molecule has 5 nitrogen and oxygen atoms in total. The Kier molecular flexibility index (Phi) is 3.32. The fraction of sp³-hybridized carbons (Fsp3) is 0.500. The van der Waals surface area contributed by atoms with Gasteiger partial charge in [-0.3, -0.25) is 4.79 Å². The normalized spacial score (nSPS) is 23.2. The lowest BCUT2D eigenvalue weighted by atomic mass is 10.1. The number of amides is 1. The molecule has 1 saturated heterocycles. The summed E-state index contributed by atoms with van der Waals surface area (Å²) in [5.41, 5.74) is 0. The third-order valence-corrected chi connectivity index (χ3v) is 5.47. The summed E-state index contributed by atoms with van der Waals surface area (Å²) in [6, 6.07) is 0. The first kappa shape index (κ1) is 12.0. The molecule has 1 aliphatic rings. The Morgan fingerprint density at radius 2 is 2.38 bits per heavy atom. The van der Waals surface area contributed by atoms with E-state index >= 15 is 0 Å². The van der Waals surface area contributed by atoms with Crippen LogP contribution in [0.25, 0.3) is 0 Å². The maximum atomic E-state index is 11.7. The van der Waals surface area contributed by atoms with Crippen LogP contribution in [0.3, 0.4) is 0 Å². The van der Waals surface area contributed by atoms with Crippen LogP contribution in [0.1, 0.15) is 6.42 Å². The minimum Gasteiger partial charge on any atom is -0.302 e. The van der Waals surface area contributed by atoms with Gasteiger partial charge in [0.05, 0.1) is 27.4 Å². The van der Waals surface area contributed by atoms with E-state index in [-0.39, 0.29) is 17.4 Å². The molecule has 0 radical (unpaired) electrons. The van der Waals surface area contributed by atoms with Gasteiger partial charge in [-0.15, -0.1) is 0 Å². The monoisotopic (exact) mass is 324 g/mol. The zero-order chi connectivity index (χ0) is 11.8. The van der Waals surface area contributed by atoms with Crippen LogP contribution in [0.15, 0.2) is 9.98 Å². The Morgan fingerprint density at radius 1 is 1.62 bits per heavy atom. The van der Waals surface area contributed by atoms with E-state index in [1.807, 2.05) is 0 Å². The fourth-order valence-corrected chi connectivity index (χ4v) is 4.37. The number of hydrogen-bond acceptors (Lipinski definition) is 5. The summed E-state index contributed by atoms with van der Waals surface area (Å²) in [6.45, 7) is 0. The number of carbonyl (C=O) groups is 1. The maximum Gasteiger partial charge on any atom is 0.230 e. The molecule has 8 heteroatoms. The number of nitrogens with zero attached hydrogens (tertiary/aromatic N) is 1.